The molecule has 1 aromatic rings. The van der Waals surface area contributed by atoms with E-state index in [1.54, 1.807) is 13.0 Å². The molecule has 1 aromatic heterocycles. The molecule has 0 aliphatic carbocycles. The quantitative estimate of drug-likeness (QED) is 0.716. The third kappa shape index (κ3) is 1.53. The number of aryl methyl sites for hydroxylation is 1. The Morgan fingerprint density at radius 1 is 1.58 bits per heavy atom. The first kappa shape index (κ1) is 8.52. The number of pyridine rings is 1. The van der Waals surface area contributed by atoms with Crippen LogP contribution in [0.3, 0.4) is 0 Å². The van der Waals surface area contributed by atoms with E-state index in [2.05, 4.69) is 4.98 Å². The lowest BCUT2D eigenvalue weighted by molar-refractivity contribution is 0.0692. The number of methoxy groups -OCH3 is 1. The smallest absolute Gasteiger partial charge is 0.341 e. The highest BCUT2D eigenvalue weighted by Crippen LogP contribution is 2.14. The molecule has 0 saturated heterocycles. The van der Waals surface area contributed by atoms with E-state index in [9.17, 15) is 4.79 Å². The molecule has 0 fully saturated rings. The first-order valence-corrected chi connectivity index (χ1v) is 3.40. The average molecular weight is 167 g/mol. The standard InChI is InChI=1S/C8H9NO3/c1-5-3-4-6(8(10)11)7(9-5)12-2/h3-4H,1-2H3,(H,10,11). The van der Waals surface area contributed by atoms with Crippen LogP contribution in [0.2, 0.25) is 0 Å². The van der Waals surface area contributed by atoms with E-state index in [0.29, 0.717) is 0 Å². The van der Waals surface area contributed by atoms with E-state index in [1.165, 1.54) is 13.2 Å². The Hall–Kier alpha value is -1.58. The topological polar surface area (TPSA) is 59.4 Å². The van der Waals surface area contributed by atoms with Crippen molar-refractivity contribution in [3.05, 3.63) is 23.4 Å². The van der Waals surface area contributed by atoms with Crippen LogP contribution in [0.15, 0.2) is 12.1 Å². The van der Waals surface area contributed by atoms with Crippen molar-refractivity contribution in [3.63, 3.8) is 0 Å². The van der Waals surface area contributed by atoms with Gasteiger partial charge in [0, 0.05) is 5.69 Å². The Kier molecular flexibility index (Phi) is 2.28. The first-order valence-electron chi connectivity index (χ1n) is 3.40. The molecule has 0 amide bonds. The van der Waals surface area contributed by atoms with Gasteiger partial charge in [-0.05, 0) is 19.1 Å². The number of hydrogen-bond donors (Lipinski definition) is 1. The number of aromatic carboxylic acids is 1. The third-order valence-corrected chi connectivity index (χ3v) is 1.42. The number of carbonyl (C=O) groups is 1. The summed E-state index contributed by atoms with van der Waals surface area (Å²) >= 11 is 0. The van der Waals surface area contributed by atoms with Crippen LogP contribution >= 0.6 is 0 Å². The van der Waals surface area contributed by atoms with Gasteiger partial charge in [-0.2, -0.15) is 0 Å². The van der Waals surface area contributed by atoms with E-state index in [1.807, 2.05) is 0 Å². The fraction of sp³-hybridized carbons (Fsp3) is 0.250. The van der Waals surface area contributed by atoms with Crippen molar-refractivity contribution in [1.82, 2.24) is 4.98 Å². The summed E-state index contributed by atoms with van der Waals surface area (Å²) in [6.07, 6.45) is 0. The second kappa shape index (κ2) is 3.21. The minimum Gasteiger partial charge on any atom is -0.480 e. The number of hydrogen-bond acceptors (Lipinski definition) is 3. The number of nitrogens with zero attached hydrogens (tertiary/aromatic N) is 1. The van der Waals surface area contributed by atoms with Gasteiger partial charge in [-0.15, -0.1) is 0 Å². The highest BCUT2D eigenvalue weighted by Gasteiger charge is 2.11. The Morgan fingerprint density at radius 3 is 2.75 bits per heavy atom. The second-order valence-electron chi connectivity index (χ2n) is 2.31. The van der Waals surface area contributed by atoms with Crippen molar-refractivity contribution in [2.75, 3.05) is 7.11 Å². The molecule has 4 nitrogen and oxygen atoms in total. The average Bonchev–Trinajstić information content (AvgIpc) is 2.03. The Morgan fingerprint density at radius 2 is 2.25 bits per heavy atom. The number of ether oxygens (including phenoxy) is 1. The molecule has 0 atom stereocenters. The number of carboxylic acids is 1. The predicted octanol–water partition coefficient (Wildman–Crippen LogP) is 1.10. The van der Waals surface area contributed by atoms with E-state index < -0.39 is 5.97 Å². The van der Waals surface area contributed by atoms with Crippen LogP contribution in [-0.4, -0.2) is 23.2 Å². The molecule has 0 unspecified atom stereocenters. The predicted molar refractivity (Wildman–Crippen MR) is 42.5 cm³/mol. The van der Waals surface area contributed by atoms with Crippen molar-refractivity contribution < 1.29 is 14.6 Å². The molecule has 4 heteroatoms. The number of carboxylic acid groups (broad SMARTS) is 1. The van der Waals surface area contributed by atoms with Crippen molar-refractivity contribution in [1.29, 1.82) is 0 Å². The zero-order valence-corrected chi connectivity index (χ0v) is 6.87. The van der Waals surface area contributed by atoms with Gasteiger partial charge < -0.3 is 9.84 Å². The van der Waals surface area contributed by atoms with Crippen LogP contribution in [0.1, 0.15) is 16.1 Å². The van der Waals surface area contributed by atoms with Crippen LogP contribution in [-0.2, 0) is 0 Å². The summed E-state index contributed by atoms with van der Waals surface area (Å²) in [6, 6.07) is 3.11. The van der Waals surface area contributed by atoms with Crippen LogP contribution in [0.25, 0.3) is 0 Å². The summed E-state index contributed by atoms with van der Waals surface area (Å²) in [5.74, 6) is -0.873. The summed E-state index contributed by atoms with van der Waals surface area (Å²) in [6.45, 7) is 1.77. The monoisotopic (exact) mass is 167 g/mol. The molecule has 0 aromatic carbocycles. The van der Waals surface area contributed by atoms with Gasteiger partial charge in [0.25, 0.3) is 0 Å². The fourth-order valence-corrected chi connectivity index (χ4v) is 0.851. The highest BCUT2D eigenvalue weighted by molar-refractivity contribution is 5.90. The molecule has 0 spiro atoms. The molecule has 0 saturated carbocycles. The molecule has 0 aliphatic heterocycles. The molecule has 0 radical (unpaired) electrons. The lowest BCUT2D eigenvalue weighted by atomic mass is 10.2. The van der Waals surface area contributed by atoms with Gasteiger partial charge in [0.15, 0.2) is 0 Å². The van der Waals surface area contributed by atoms with Gasteiger partial charge in [0.2, 0.25) is 5.88 Å². The van der Waals surface area contributed by atoms with Gasteiger partial charge in [-0.25, -0.2) is 9.78 Å². The molecular weight excluding hydrogens is 158 g/mol. The third-order valence-electron chi connectivity index (χ3n) is 1.42. The largest absolute Gasteiger partial charge is 0.480 e. The lowest BCUT2D eigenvalue weighted by Crippen LogP contribution is -2.02. The SMILES string of the molecule is COc1nc(C)ccc1C(=O)O. The molecule has 0 bridgehead atoms. The van der Waals surface area contributed by atoms with E-state index in [4.69, 9.17) is 9.84 Å². The van der Waals surface area contributed by atoms with Crippen molar-refractivity contribution in [2.24, 2.45) is 0 Å². The van der Waals surface area contributed by atoms with Crippen molar-refractivity contribution in [2.45, 2.75) is 6.92 Å². The molecule has 1 N–H and O–H groups in total. The van der Waals surface area contributed by atoms with Crippen molar-refractivity contribution in [3.8, 4) is 5.88 Å². The Bertz CT molecular complexity index is 309. The molecule has 64 valence electrons. The summed E-state index contributed by atoms with van der Waals surface area (Å²) in [4.78, 5) is 14.5. The summed E-state index contributed by atoms with van der Waals surface area (Å²) < 4.78 is 4.80. The van der Waals surface area contributed by atoms with Gasteiger partial charge in [-0.1, -0.05) is 0 Å². The Labute approximate surface area is 69.8 Å². The van der Waals surface area contributed by atoms with Crippen LogP contribution in [0, 0.1) is 6.92 Å². The highest BCUT2D eigenvalue weighted by atomic mass is 16.5. The van der Waals surface area contributed by atoms with Gasteiger partial charge in [0.1, 0.15) is 5.56 Å². The molecule has 1 rings (SSSR count). The van der Waals surface area contributed by atoms with Crippen LogP contribution in [0.4, 0.5) is 0 Å². The van der Waals surface area contributed by atoms with Gasteiger partial charge >= 0.3 is 5.97 Å². The number of aromatic nitrogens is 1. The fourth-order valence-electron chi connectivity index (χ4n) is 0.851. The molecule has 0 aliphatic rings. The minimum absolute atomic E-state index is 0.0862. The van der Waals surface area contributed by atoms with Gasteiger partial charge in [0.05, 0.1) is 7.11 Å². The minimum atomic E-state index is -1.03. The van der Waals surface area contributed by atoms with Crippen LogP contribution < -0.4 is 4.74 Å². The zero-order valence-electron chi connectivity index (χ0n) is 6.87. The molecule has 1 heterocycles. The normalized spacial score (nSPS) is 9.50. The second-order valence-corrected chi connectivity index (χ2v) is 2.31. The Balaban J connectivity index is 3.20. The maximum absolute atomic E-state index is 10.6. The van der Waals surface area contributed by atoms with E-state index in [0.717, 1.165) is 5.69 Å². The van der Waals surface area contributed by atoms with E-state index >= 15 is 0 Å². The van der Waals surface area contributed by atoms with Crippen molar-refractivity contribution >= 4 is 5.97 Å². The number of rotatable bonds is 2. The maximum atomic E-state index is 10.6. The van der Waals surface area contributed by atoms with E-state index in [-0.39, 0.29) is 11.4 Å². The molecular formula is C8H9NO3. The summed E-state index contributed by atoms with van der Waals surface area (Å²) in [5.41, 5.74) is 0.819. The zero-order chi connectivity index (χ0) is 9.14. The molecule has 12 heavy (non-hydrogen) atoms. The first-order chi connectivity index (χ1) is 5.65. The lowest BCUT2D eigenvalue weighted by Gasteiger charge is -2.03. The maximum Gasteiger partial charge on any atom is 0.341 e. The van der Waals surface area contributed by atoms with Gasteiger partial charge in [-0.3, -0.25) is 0 Å². The summed E-state index contributed by atoms with van der Waals surface area (Å²) in [7, 11) is 1.40. The summed E-state index contributed by atoms with van der Waals surface area (Å²) in [5, 5.41) is 8.67. The van der Waals surface area contributed by atoms with Crippen LogP contribution in [0.5, 0.6) is 5.88 Å².